The first kappa shape index (κ1) is 15.3. The van der Waals surface area contributed by atoms with Gasteiger partial charge in [-0.25, -0.2) is 4.39 Å². The van der Waals surface area contributed by atoms with Crippen LogP contribution in [-0.2, 0) is 6.54 Å². The molecular weight excluding hydrogens is 298 g/mol. The van der Waals surface area contributed by atoms with Crippen LogP contribution in [0.1, 0.15) is 41.2 Å². The Hall–Kier alpha value is -1.06. The zero-order chi connectivity index (χ0) is 14.9. The molecule has 0 amide bonds. The molecule has 0 aliphatic heterocycles. The molecule has 0 radical (unpaired) electrons. The number of aromatic nitrogens is 2. The number of alkyl halides is 1. The molecule has 1 heterocycles. The molecule has 108 valence electrons. The smallest absolute Gasteiger partial charge is 0.141 e. The minimum atomic E-state index is -0.406. The van der Waals surface area contributed by atoms with Crippen molar-refractivity contribution in [3.05, 3.63) is 51.6 Å². The zero-order valence-electron chi connectivity index (χ0n) is 11.8. The van der Waals surface area contributed by atoms with Gasteiger partial charge in [0.05, 0.1) is 22.6 Å². The van der Waals surface area contributed by atoms with E-state index in [1.165, 1.54) is 6.07 Å². The monoisotopic (exact) mass is 314 g/mol. The van der Waals surface area contributed by atoms with Crippen LogP contribution >= 0.6 is 23.2 Å². The number of hydrogen-bond donors (Lipinski definition) is 0. The predicted octanol–water partition coefficient (Wildman–Crippen LogP) is 5.03. The molecule has 2 nitrogen and oxygen atoms in total. The average molecular weight is 315 g/mol. The van der Waals surface area contributed by atoms with Crippen LogP contribution in [0, 0.1) is 19.7 Å². The first-order valence-electron chi connectivity index (χ1n) is 6.56. The molecule has 2 aromatic rings. The highest BCUT2D eigenvalue weighted by atomic mass is 35.5. The Morgan fingerprint density at radius 3 is 2.65 bits per heavy atom. The van der Waals surface area contributed by atoms with Crippen molar-refractivity contribution in [3.8, 4) is 0 Å². The molecule has 5 heteroatoms. The third-order valence-corrected chi connectivity index (χ3v) is 4.24. The summed E-state index contributed by atoms with van der Waals surface area (Å²) in [5.74, 6) is -0.406. The third-order valence-electron chi connectivity index (χ3n) is 3.43. The summed E-state index contributed by atoms with van der Waals surface area (Å²) in [6, 6.07) is 4.72. The molecule has 0 spiro atoms. The van der Waals surface area contributed by atoms with Gasteiger partial charge >= 0.3 is 0 Å². The van der Waals surface area contributed by atoms with Crippen LogP contribution < -0.4 is 0 Å². The molecule has 0 saturated carbocycles. The van der Waals surface area contributed by atoms with Crippen LogP contribution in [-0.4, -0.2) is 9.78 Å². The Labute approximate surface area is 128 Å². The minimum Gasteiger partial charge on any atom is -0.265 e. The van der Waals surface area contributed by atoms with Crippen LogP contribution in [0.2, 0.25) is 5.02 Å². The van der Waals surface area contributed by atoms with Crippen molar-refractivity contribution in [1.29, 1.82) is 0 Å². The largest absolute Gasteiger partial charge is 0.265 e. The molecule has 1 aromatic heterocycles. The molecule has 20 heavy (non-hydrogen) atoms. The molecule has 2 rings (SSSR count). The molecule has 0 N–H and O–H groups in total. The highest BCUT2D eigenvalue weighted by Gasteiger charge is 2.18. The number of aryl methyl sites for hydroxylation is 1. The first-order chi connectivity index (χ1) is 9.43. The second-order valence-corrected chi connectivity index (χ2v) is 5.80. The lowest BCUT2D eigenvalue weighted by Crippen LogP contribution is -2.05. The van der Waals surface area contributed by atoms with Crippen LogP contribution in [0.3, 0.4) is 0 Å². The fourth-order valence-corrected chi connectivity index (χ4v) is 2.85. The molecule has 1 aromatic carbocycles. The summed E-state index contributed by atoms with van der Waals surface area (Å²) < 4.78 is 15.1. The maximum Gasteiger partial charge on any atom is 0.141 e. The number of hydrogen-bond acceptors (Lipinski definition) is 1. The van der Waals surface area contributed by atoms with E-state index in [9.17, 15) is 4.39 Å². The van der Waals surface area contributed by atoms with E-state index in [1.54, 1.807) is 12.1 Å². The number of nitrogens with zero attached hydrogens (tertiary/aromatic N) is 2. The molecule has 0 bridgehead atoms. The van der Waals surface area contributed by atoms with Gasteiger partial charge in [-0.2, -0.15) is 5.10 Å². The quantitative estimate of drug-likeness (QED) is 0.724. The van der Waals surface area contributed by atoms with Crippen molar-refractivity contribution in [2.24, 2.45) is 0 Å². The number of benzene rings is 1. The van der Waals surface area contributed by atoms with E-state index >= 15 is 0 Å². The standard InChI is InChI=1S/C15H17Cl2FN2/c1-4-12(16)15-9(2)19-20(10(15)3)8-11-5-6-14(18)13(17)7-11/h5-7,12H,4,8H2,1-3H3. The van der Waals surface area contributed by atoms with Crippen molar-refractivity contribution < 1.29 is 4.39 Å². The molecule has 1 atom stereocenters. The topological polar surface area (TPSA) is 17.8 Å². The summed E-state index contributed by atoms with van der Waals surface area (Å²) >= 11 is 12.1. The Bertz CT molecular complexity index is 623. The molecule has 0 aliphatic carbocycles. The van der Waals surface area contributed by atoms with Crippen LogP contribution in [0.5, 0.6) is 0 Å². The molecule has 1 unspecified atom stereocenters. The van der Waals surface area contributed by atoms with Gasteiger partial charge in [-0.1, -0.05) is 24.6 Å². The van der Waals surface area contributed by atoms with Crippen LogP contribution in [0.25, 0.3) is 0 Å². The van der Waals surface area contributed by atoms with E-state index in [1.807, 2.05) is 25.5 Å². The fraction of sp³-hybridized carbons (Fsp3) is 0.400. The van der Waals surface area contributed by atoms with E-state index in [-0.39, 0.29) is 10.4 Å². The molecule has 0 fully saturated rings. The van der Waals surface area contributed by atoms with E-state index in [2.05, 4.69) is 5.10 Å². The summed E-state index contributed by atoms with van der Waals surface area (Å²) in [5.41, 5.74) is 3.99. The van der Waals surface area contributed by atoms with E-state index in [4.69, 9.17) is 23.2 Å². The maximum atomic E-state index is 13.2. The van der Waals surface area contributed by atoms with Crippen LogP contribution in [0.15, 0.2) is 18.2 Å². The van der Waals surface area contributed by atoms with Crippen molar-refractivity contribution in [3.63, 3.8) is 0 Å². The van der Waals surface area contributed by atoms with Crippen LogP contribution in [0.4, 0.5) is 4.39 Å². The van der Waals surface area contributed by atoms with E-state index in [0.717, 1.165) is 28.9 Å². The normalized spacial score (nSPS) is 12.7. The number of halogens is 3. The summed E-state index contributed by atoms with van der Waals surface area (Å²) in [6.45, 7) is 6.57. The van der Waals surface area contributed by atoms with Crippen molar-refractivity contribution in [2.75, 3.05) is 0 Å². The maximum absolute atomic E-state index is 13.2. The second kappa shape index (κ2) is 6.15. The van der Waals surface area contributed by atoms with Gasteiger partial charge in [0, 0.05) is 11.3 Å². The van der Waals surface area contributed by atoms with Gasteiger partial charge in [-0.3, -0.25) is 4.68 Å². The lowest BCUT2D eigenvalue weighted by Gasteiger charge is -2.09. The Morgan fingerprint density at radius 2 is 2.05 bits per heavy atom. The van der Waals surface area contributed by atoms with Crippen molar-refractivity contribution in [1.82, 2.24) is 9.78 Å². The average Bonchev–Trinajstić information content (AvgIpc) is 2.68. The third kappa shape index (κ3) is 2.99. The Morgan fingerprint density at radius 1 is 1.35 bits per heavy atom. The molecule has 0 saturated heterocycles. The fourth-order valence-electron chi connectivity index (χ4n) is 2.33. The number of rotatable bonds is 4. The van der Waals surface area contributed by atoms with Gasteiger partial charge < -0.3 is 0 Å². The first-order valence-corrected chi connectivity index (χ1v) is 7.37. The Balaban J connectivity index is 2.32. The van der Waals surface area contributed by atoms with Gasteiger partial charge in [0.15, 0.2) is 0 Å². The van der Waals surface area contributed by atoms with Crippen molar-refractivity contribution in [2.45, 2.75) is 39.1 Å². The van der Waals surface area contributed by atoms with Gasteiger partial charge in [0.1, 0.15) is 5.82 Å². The van der Waals surface area contributed by atoms with Gasteiger partial charge in [-0.05, 0) is 38.0 Å². The summed E-state index contributed by atoms with van der Waals surface area (Å²) in [4.78, 5) is 0. The highest BCUT2D eigenvalue weighted by molar-refractivity contribution is 6.30. The lowest BCUT2D eigenvalue weighted by atomic mass is 10.1. The SMILES string of the molecule is CCC(Cl)c1c(C)nn(Cc2ccc(F)c(Cl)c2)c1C. The molecule has 0 aliphatic rings. The lowest BCUT2D eigenvalue weighted by molar-refractivity contribution is 0.623. The van der Waals surface area contributed by atoms with Gasteiger partial charge in [0.25, 0.3) is 0 Å². The van der Waals surface area contributed by atoms with Gasteiger partial charge in [0.2, 0.25) is 0 Å². The minimum absolute atomic E-state index is 0.0273. The summed E-state index contributed by atoms with van der Waals surface area (Å²) in [7, 11) is 0. The van der Waals surface area contributed by atoms with E-state index < -0.39 is 5.82 Å². The highest BCUT2D eigenvalue weighted by Crippen LogP contribution is 2.30. The second-order valence-electron chi connectivity index (χ2n) is 4.87. The van der Waals surface area contributed by atoms with Crippen molar-refractivity contribution >= 4 is 23.2 Å². The summed E-state index contributed by atoms with van der Waals surface area (Å²) in [5, 5.41) is 4.63. The molecular formula is C15H17Cl2FN2. The van der Waals surface area contributed by atoms with E-state index in [0.29, 0.717) is 6.54 Å². The zero-order valence-corrected chi connectivity index (χ0v) is 13.3. The van der Waals surface area contributed by atoms with Gasteiger partial charge in [-0.15, -0.1) is 11.6 Å². The Kier molecular flexibility index (Phi) is 4.71. The summed E-state index contributed by atoms with van der Waals surface area (Å²) in [6.07, 6.45) is 0.858. The predicted molar refractivity (Wildman–Crippen MR) is 81.1 cm³/mol.